The fraction of sp³-hybridized carbons (Fsp3) is 0.700. The molecule has 0 bridgehead atoms. The molecule has 1 heterocycles. The number of alkyl halides is 2. The Balaban J connectivity index is 2.79. The van der Waals surface area contributed by atoms with Crippen molar-refractivity contribution in [1.82, 2.24) is 9.78 Å². The van der Waals surface area contributed by atoms with Crippen LogP contribution in [0, 0.1) is 5.41 Å². The molecule has 1 aromatic heterocycles. The van der Waals surface area contributed by atoms with E-state index in [9.17, 15) is 8.78 Å². The standard InChI is InChI=1S/C10H16F2N2/c1-9(2,3)7-14-6-5-8(13-14)10(4,11)12/h5-6H,7H2,1-4H3. The summed E-state index contributed by atoms with van der Waals surface area (Å²) in [7, 11) is 0. The van der Waals surface area contributed by atoms with Gasteiger partial charge in [-0.15, -0.1) is 0 Å². The van der Waals surface area contributed by atoms with Crippen LogP contribution in [0.5, 0.6) is 0 Å². The fourth-order valence-electron chi connectivity index (χ4n) is 1.17. The predicted octanol–water partition coefficient (Wildman–Crippen LogP) is 3.04. The van der Waals surface area contributed by atoms with Crippen LogP contribution in [0.15, 0.2) is 12.3 Å². The lowest BCUT2D eigenvalue weighted by Gasteiger charge is -2.17. The zero-order valence-corrected chi connectivity index (χ0v) is 9.01. The quantitative estimate of drug-likeness (QED) is 0.720. The Hall–Kier alpha value is -0.930. The van der Waals surface area contributed by atoms with Crippen molar-refractivity contribution in [2.75, 3.05) is 0 Å². The van der Waals surface area contributed by atoms with Crippen LogP contribution >= 0.6 is 0 Å². The molecule has 0 aliphatic heterocycles. The third-order valence-electron chi connectivity index (χ3n) is 1.73. The molecule has 1 aromatic rings. The summed E-state index contributed by atoms with van der Waals surface area (Å²) in [5.41, 5.74) is -0.117. The van der Waals surface area contributed by atoms with Crippen molar-refractivity contribution in [2.45, 2.75) is 40.2 Å². The number of hydrogen-bond donors (Lipinski definition) is 0. The van der Waals surface area contributed by atoms with Crippen molar-refractivity contribution >= 4 is 0 Å². The summed E-state index contributed by atoms with van der Waals surface area (Å²) >= 11 is 0. The molecular weight excluding hydrogens is 186 g/mol. The number of aromatic nitrogens is 2. The Morgan fingerprint density at radius 1 is 1.29 bits per heavy atom. The third-order valence-corrected chi connectivity index (χ3v) is 1.73. The molecule has 0 saturated carbocycles. The maximum Gasteiger partial charge on any atom is 0.288 e. The summed E-state index contributed by atoms with van der Waals surface area (Å²) in [6.45, 7) is 7.62. The second-order valence-corrected chi connectivity index (χ2v) is 4.85. The second kappa shape index (κ2) is 3.33. The van der Waals surface area contributed by atoms with Crippen molar-refractivity contribution in [1.29, 1.82) is 0 Å². The van der Waals surface area contributed by atoms with E-state index >= 15 is 0 Å². The molecule has 80 valence electrons. The van der Waals surface area contributed by atoms with E-state index in [1.807, 2.05) is 20.8 Å². The van der Waals surface area contributed by atoms with Crippen LogP contribution in [0.4, 0.5) is 8.78 Å². The van der Waals surface area contributed by atoms with E-state index in [1.54, 1.807) is 10.9 Å². The molecular formula is C10H16F2N2. The van der Waals surface area contributed by atoms with Crippen LogP contribution in [0.25, 0.3) is 0 Å². The largest absolute Gasteiger partial charge is 0.288 e. The predicted molar refractivity (Wildman–Crippen MR) is 51.3 cm³/mol. The average Bonchev–Trinajstić information content (AvgIpc) is 2.29. The number of rotatable bonds is 2. The molecule has 0 aromatic carbocycles. The zero-order valence-electron chi connectivity index (χ0n) is 9.01. The van der Waals surface area contributed by atoms with Crippen LogP contribution in [-0.4, -0.2) is 9.78 Å². The van der Waals surface area contributed by atoms with Crippen molar-refractivity contribution in [3.63, 3.8) is 0 Å². The van der Waals surface area contributed by atoms with Crippen LogP contribution in [0.1, 0.15) is 33.4 Å². The van der Waals surface area contributed by atoms with Gasteiger partial charge in [0, 0.05) is 19.7 Å². The fourth-order valence-corrected chi connectivity index (χ4v) is 1.17. The smallest absolute Gasteiger partial charge is 0.272 e. The van der Waals surface area contributed by atoms with E-state index in [0.717, 1.165) is 6.92 Å². The highest BCUT2D eigenvalue weighted by Crippen LogP contribution is 2.25. The molecule has 0 saturated heterocycles. The van der Waals surface area contributed by atoms with Gasteiger partial charge in [-0.3, -0.25) is 4.68 Å². The van der Waals surface area contributed by atoms with Gasteiger partial charge in [-0.2, -0.15) is 13.9 Å². The minimum absolute atomic E-state index is 0.0479. The van der Waals surface area contributed by atoms with Gasteiger partial charge in [0.2, 0.25) is 0 Å². The Morgan fingerprint density at radius 3 is 2.21 bits per heavy atom. The van der Waals surface area contributed by atoms with Gasteiger partial charge < -0.3 is 0 Å². The second-order valence-electron chi connectivity index (χ2n) is 4.85. The molecule has 4 heteroatoms. The van der Waals surface area contributed by atoms with Gasteiger partial charge in [0.25, 0.3) is 5.92 Å². The van der Waals surface area contributed by atoms with Crippen LogP contribution in [-0.2, 0) is 12.5 Å². The first-order valence-corrected chi connectivity index (χ1v) is 4.60. The SMILES string of the molecule is CC(C)(C)Cn1ccc(C(C)(F)F)n1. The first-order chi connectivity index (χ1) is 6.18. The maximum absolute atomic E-state index is 12.8. The molecule has 0 fully saturated rings. The molecule has 0 unspecified atom stereocenters. The minimum Gasteiger partial charge on any atom is -0.272 e. The van der Waals surface area contributed by atoms with Crippen LogP contribution < -0.4 is 0 Å². The zero-order chi connectivity index (χ0) is 11.0. The number of halogens is 2. The molecule has 0 aliphatic rings. The summed E-state index contributed by atoms with van der Waals surface area (Å²) in [6.07, 6.45) is 1.60. The Kier molecular flexibility index (Phi) is 2.65. The van der Waals surface area contributed by atoms with Crippen molar-refractivity contribution in [3.05, 3.63) is 18.0 Å². The highest BCUT2D eigenvalue weighted by atomic mass is 19.3. The van der Waals surface area contributed by atoms with E-state index in [2.05, 4.69) is 5.10 Å². The number of hydrogen-bond acceptors (Lipinski definition) is 1. The first-order valence-electron chi connectivity index (χ1n) is 4.60. The van der Waals surface area contributed by atoms with E-state index < -0.39 is 5.92 Å². The van der Waals surface area contributed by atoms with Crippen LogP contribution in [0.3, 0.4) is 0 Å². The molecule has 0 atom stereocenters. The van der Waals surface area contributed by atoms with Crippen molar-refractivity contribution in [2.24, 2.45) is 5.41 Å². The average molecular weight is 202 g/mol. The van der Waals surface area contributed by atoms with Crippen molar-refractivity contribution in [3.8, 4) is 0 Å². The summed E-state index contributed by atoms with van der Waals surface area (Å²) < 4.78 is 27.2. The summed E-state index contributed by atoms with van der Waals surface area (Å²) in [5.74, 6) is -2.84. The van der Waals surface area contributed by atoms with Gasteiger partial charge in [0.1, 0.15) is 5.69 Å². The minimum atomic E-state index is -2.84. The molecule has 0 spiro atoms. The van der Waals surface area contributed by atoms with Gasteiger partial charge in [-0.05, 0) is 11.5 Å². The number of nitrogens with zero attached hydrogens (tertiary/aromatic N) is 2. The normalized spacial score (nSPS) is 13.3. The molecule has 1 rings (SSSR count). The van der Waals surface area contributed by atoms with Gasteiger partial charge in [-0.25, -0.2) is 0 Å². The lowest BCUT2D eigenvalue weighted by atomic mass is 9.97. The highest BCUT2D eigenvalue weighted by molar-refractivity contribution is 5.05. The molecule has 0 amide bonds. The lowest BCUT2D eigenvalue weighted by molar-refractivity contribution is 0.0118. The van der Waals surface area contributed by atoms with E-state index in [4.69, 9.17) is 0 Å². The molecule has 0 radical (unpaired) electrons. The molecule has 0 N–H and O–H groups in total. The Labute approximate surface area is 82.9 Å². The third kappa shape index (κ3) is 3.09. The summed E-state index contributed by atoms with van der Waals surface area (Å²) in [6, 6.07) is 1.37. The Morgan fingerprint density at radius 2 is 1.86 bits per heavy atom. The topological polar surface area (TPSA) is 17.8 Å². The molecule has 2 nitrogen and oxygen atoms in total. The molecule has 0 aliphatic carbocycles. The maximum atomic E-state index is 12.8. The first kappa shape index (κ1) is 11.1. The van der Waals surface area contributed by atoms with Gasteiger partial charge in [-0.1, -0.05) is 20.8 Å². The van der Waals surface area contributed by atoms with Gasteiger partial charge in [0.15, 0.2) is 0 Å². The Bertz CT molecular complexity index is 305. The van der Waals surface area contributed by atoms with Crippen molar-refractivity contribution < 1.29 is 8.78 Å². The monoisotopic (exact) mass is 202 g/mol. The van der Waals surface area contributed by atoms with E-state index in [-0.39, 0.29) is 11.1 Å². The summed E-state index contributed by atoms with van der Waals surface area (Å²) in [5, 5.41) is 3.83. The lowest BCUT2D eigenvalue weighted by Crippen LogP contribution is -2.17. The van der Waals surface area contributed by atoms with Crippen LogP contribution in [0.2, 0.25) is 0 Å². The van der Waals surface area contributed by atoms with Gasteiger partial charge >= 0.3 is 0 Å². The van der Waals surface area contributed by atoms with E-state index in [1.165, 1.54) is 6.07 Å². The molecule has 14 heavy (non-hydrogen) atoms. The summed E-state index contributed by atoms with van der Waals surface area (Å²) in [4.78, 5) is 0. The highest BCUT2D eigenvalue weighted by Gasteiger charge is 2.27. The van der Waals surface area contributed by atoms with E-state index in [0.29, 0.717) is 6.54 Å². The van der Waals surface area contributed by atoms with Gasteiger partial charge in [0.05, 0.1) is 0 Å².